The number of amides is 7. The molecule has 0 fully saturated rings. The molecule has 0 bridgehead atoms. The van der Waals surface area contributed by atoms with Gasteiger partial charge in [0.25, 0.3) is 0 Å². The molecule has 5 atom stereocenters. The van der Waals surface area contributed by atoms with Gasteiger partial charge in [-0.15, -0.1) is 0 Å². The van der Waals surface area contributed by atoms with Gasteiger partial charge >= 0.3 is 5.97 Å². The monoisotopic (exact) mass is 952 g/mol. The van der Waals surface area contributed by atoms with Crippen molar-refractivity contribution in [1.29, 1.82) is 0 Å². The summed E-state index contributed by atoms with van der Waals surface area (Å²) in [6.07, 6.45) is 15.0. The first-order valence-electron chi connectivity index (χ1n) is 24.0. The third-order valence-corrected chi connectivity index (χ3v) is 12.0. The molecule has 16 nitrogen and oxygen atoms in total. The van der Waals surface area contributed by atoms with E-state index in [1.165, 1.54) is 0 Å². The fourth-order valence-corrected chi connectivity index (χ4v) is 8.06. The molecule has 0 aromatic heterocycles. The van der Waals surface area contributed by atoms with E-state index in [1.807, 2.05) is 80.8 Å². The molecule has 0 heterocycles. The maximum absolute atomic E-state index is 13.5. The molecule has 0 aliphatic rings. The molecule has 2 aromatic carbocycles. The minimum atomic E-state index is -1.26. The summed E-state index contributed by atoms with van der Waals surface area (Å²) in [4.78, 5) is 101. The largest absolute Gasteiger partial charge is 0.480 e. The van der Waals surface area contributed by atoms with Crippen LogP contribution in [0.15, 0.2) is 60.7 Å². The van der Waals surface area contributed by atoms with Gasteiger partial charge in [-0.3, -0.25) is 33.6 Å². The average Bonchev–Trinajstić information content (AvgIpc) is 3.28. The number of nitrogens with one attached hydrogen (secondary N) is 5. The predicted molar refractivity (Wildman–Crippen MR) is 262 cm³/mol. The lowest BCUT2D eigenvalue weighted by Gasteiger charge is -2.26. The molecular formula is C50H77N7O9S. The molecule has 0 spiro atoms. The number of unbranched alkanes of at least 4 members (excludes halogenated alkanes) is 11. The number of aryl methyl sites for hydroxylation is 1. The van der Waals surface area contributed by atoms with Gasteiger partial charge in [0.15, 0.2) is 0 Å². The van der Waals surface area contributed by atoms with Crippen molar-refractivity contribution in [2.24, 2.45) is 17.4 Å². The fourth-order valence-electron chi connectivity index (χ4n) is 7.59. The first-order valence-corrected chi connectivity index (χ1v) is 25.4. The van der Waals surface area contributed by atoms with Gasteiger partial charge in [0.2, 0.25) is 41.4 Å². The molecule has 0 saturated carbocycles. The summed E-state index contributed by atoms with van der Waals surface area (Å²) in [7, 11) is 0. The molecule has 0 aliphatic heterocycles. The quantitative estimate of drug-likeness (QED) is 0.0421. The lowest BCUT2D eigenvalue weighted by Crippen LogP contribution is -2.57. The Labute approximate surface area is 401 Å². The van der Waals surface area contributed by atoms with Crippen LogP contribution >= 0.6 is 11.8 Å². The summed E-state index contributed by atoms with van der Waals surface area (Å²) in [6, 6.07) is 13.4. The lowest BCUT2D eigenvalue weighted by molar-refractivity contribution is -0.142. The van der Waals surface area contributed by atoms with E-state index in [0.717, 1.165) is 75.3 Å². The molecular weight excluding hydrogens is 875 g/mol. The zero-order valence-corrected chi connectivity index (χ0v) is 40.7. The van der Waals surface area contributed by atoms with E-state index in [-0.39, 0.29) is 31.1 Å². The highest BCUT2D eigenvalue weighted by molar-refractivity contribution is 7.98. The summed E-state index contributed by atoms with van der Waals surface area (Å²) in [5.74, 6) is -4.29. The van der Waals surface area contributed by atoms with Crippen LogP contribution in [0.2, 0.25) is 0 Å². The molecule has 2 rings (SSSR count). The Kier molecular flexibility index (Phi) is 29.2. The van der Waals surface area contributed by atoms with Crippen molar-refractivity contribution in [1.82, 2.24) is 26.6 Å². The van der Waals surface area contributed by atoms with Crippen LogP contribution in [0.1, 0.15) is 141 Å². The van der Waals surface area contributed by atoms with Crippen LogP contribution in [-0.2, 0) is 51.2 Å². The van der Waals surface area contributed by atoms with Gasteiger partial charge in [0.05, 0.1) is 6.42 Å². The third kappa shape index (κ3) is 26.5. The van der Waals surface area contributed by atoms with E-state index in [0.29, 0.717) is 44.3 Å². The summed E-state index contributed by atoms with van der Waals surface area (Å²) >= 11 is 1.56. The standard InChI is InChI=1S/C50H77N7O9S/c1-35(2)32-41(48(63)56-40(46(52)61)33-37-24-18-15-19-25-37)57-47(62)38(30-31-67-3)53-44(59)26-20-12-10-8-6-4-5-7-9-11-13-21-27-45(60)54-42(34-43(51)58)49(64)55-39(50(65)66)29-28-36-22-16-14-17-23-36/h14-19,22-25,35,38-42H,4-13,20-21,26-34H2,1-3H3,(H2,51,58)(H2,52,61)(H,53,59)(H,54,60)(H,55,64)(H,56,63)(H,57,62)(H,65,66)/t38-,39-,40-,41-,42-/m0/s1. The Morgan fingerprint density at radius 2 is 0.970 bits per heavy atom. The van der Waals surface area contributed by atoms with Gasteiger partial charge in [-0.1, -0.05) is 139 Å². The molecule has 0 saturated heterocycles. The van der Waals surface area contributed by atoms with Crippen molar-refractivity contribution in [2.75, 3.05) is 12.0 Å². The first kappa shape index (κ1) is 57.7. The van der Waals surface area contributed by atoms with Gasteiger partial charge < -0.3 is 43.2 Å². The summed E-state index contributed by atoms with van der Waals surface area (Å²) in [5, 5.41) is 23.1. The molecule has 0 radical (unpaired) electrons. The van der Waals surface area contributed by atoms with Crippen molar-refractivity contribution in [2.45, 2.75) is 172 Å². The molecule has 372 valence electrons. The number of carbonyl (C=O) groups is 8. The number of aliphatic carboxylic acids is 1. The average molecular weight is 952 g/mol. The normalized spacial score (nSPS) is 13.3. The number of carboxylic acid groups (broad SMARTS) is 1. The summed E-state index contributed by atoms with van der Waals surface area (Å²) in [6.45, 7) is 3.87. The van der Waals surface area contributed by atoms with Crippen molar-refractivity contribution >= 4 is 59.1 Å². The number of rotatable bonds is 37. The van der Waals surface area contributed by atoms with Gasteiger partial charge in [-0.05, 0) is 67.6 Å². The second-order valence-corrected chi connectivity index (χ2v) is 18.7. The van der Waals surface area contributed by atoms with Crippen LogP contribution in [0.3, 0.4) is 0 Å². The number of carbonyl (C=O) groups excluding carboxylic acids is 7. The van der Waals surface area contributed by atoms with E-state index >= 15 is 0 Å². The number of nitrogens with two attached hydrogens (primary N) is 2. The van der Waals surface area contributed by atoms with E-state index in [1.54, 1.807) is 11.8 Å². The van der Waals surface area contributed by atoms with E-state index in [2.05, 4.69) is 26.6 Å². The molecule has 0 aliphatic carbocycles. The second-order valence-electron chi connectivity index (χ2n) is 17.7. The number of hydrogen-bond donors (Lipinski definition) is 8. The van der Waals surface area contributed by atoms with Crippen LogP contribution in [0.4, 0.5) is 0 Å². The maximum Gasteiger partial charge on any atom is 0.326 e. The minimum Gasteiger partial charge on any atom is -0.480 e. The van der Waals surface area contributed by atoms with Gasteiger partial charge in [-0.2, -0.15) is 11.8 Å². The van der Waals surface area contributed by atoms with Crippen molar-refractivity contribution in [3.63, 3.8) is 0 Å². The van der Waals surface area contributed by atoms with Gasteiger partial charge in [0.1, 0.15) is 30.2 Å². The van der Waals surface area contributed by atoms with E-state index in [9.17, 15) is 43.5 Å². The molecule has 10 N–H and O–H groups in total. The number of primary amides is 2. The number of benzene rings is 2. The zero-order valence-electron chi connectivity index (χ0n) is 39.9. The Balaban J connectivity index is 1.63. The number of hydrogen-bond acceptors (Lipinski definition) is 9. The van der Waals surface area contributed by atoms with Crippen LogP contribution in [0.5, 0.6) is 0 Å². The highest BCUT2D eigenvalue weighted by Gasteiger charge is 2.30. The molecule has 67 heavy (non-hydrogen) atoms. The fraction of sp³-hybridized carbons (Fsp3) is 0.600. The topological polar surface area (TPSA) is 269 Å². The molecule has 2 aromatic rings. The predicted octanol–water partition coefficient (Wildman–Crippen LogP) is 4.99. The number of carboxylic acids is 1. The Bertz CT molecular complexity index is 1820. The zero-order chi connectivity index (χ0) is 49.4. The van der Waals surface area contributed by atoms with Crippen LogP contribution < -0.4 is 38.1 Å². The van der Waals surface area contributed by atoms with Crippen LogP contribution in [0.25, 0.3) is 0 Å². The second kappa shape index (κ2) is 33.9. The highest BCUT2D eigenvalue weighted by Crippen LogP contribution is 2.15. The smallest absolute Gasteiger partial charge is 0.326 e. The maximum atomic E-state index is 13.5. The highest BCUT2D eigenvalue weighted by atomic mass is 32.2. The van der Waals surface area contributed by atoms with Crippen molar-refractivity contribution in [3.05, 3.63) is 71.8 Å². The Morgan fingerprint density at radius 1 is 0.537 bits per heavy atom. The minimum absolute atomic E-state index is 0.0602. The molecule has 17 heteroatoms. The molecule has 0 unspecified atom stereocenters. The Morgan fingerprint density at radius 3 is 1.43 bits per heavy atom. The summed E-state index contributed by atoms with van der Waals surface area (Å²) in [5.41, 5.74) is 12.7. The van der Waals surface area contributed by atoms with Crippen molar-refractivity contribution < 1.29 is 43.5 Å². The Hall–Kier alpha value is -5.45. The molecule has 7 amide bonds. The van der Waals surface area contributed by atoms with Crippen LogP contribution in [0, 0.1) is 5.92 Å². The van der Waals surface area contributed by atoms with E-state index in [4.69, 9.17) is 11.5 Å². The number of thioether (sulfide) groups is 1. The SMILES string of the molecule is CSCC[C@H](NC(=O)CCCCCCCCCCCCCCC(=O)N[C@@H](CC(N)=O)C(=O)N[C@@H](CCc1ccccc1)C(=O)O)C(=O)N[C@@H](CC(C)C)C(=O)N[C@@H](Cc1ccccc1)C(N)=O. The van der Waals surface area contributed by atoms with Gasteiger partial charge in [-0.25, -0.2) is 4.79 Å². The first-order chi connectivity index (χ1) is 32.1. The lowest BCUT2D eigenvalue weighted by atomic mass is 10.0. The van der Waals surface area contributed by atoms with Crippen molar-refractivity contribution in [3.8, 4) is 0 Å². The third-order valence-electron chi connectivity index (χ3n) is 11.3. The van der Waals surface area contributed by atoms with Gasteiger partial charge in [0, 0.05) is 19.3 Å². The van der Waals surface area contributed by atoms with Crippen LogP contribution in [-0.4, -0.2) is 94.6 Å². The summed E-state index contributed by atoms with van der Waals surface area (Å²) < 4.78 is 0. The van der Waals surface area contributed by atoms with E-state index < -0.39 is 78.0 Å².